The monoisotopic (exact) mass is 405 g/mol. The summed E-state index contributed by atoms with van der Waals surface area (Å²) >= 11 is 14.3. The second-order valence-corrected chi connectivity index (χ2v) is 8.32. The minimum atomic E-state index is -0.350. The normalized spacial score (nSPS) is 13.5. The lowest BCUT2D eigenvalue weighted by Crippen LogP contribution is -2.35. The van der Waals surface area contributed by atoms with E-state index in [0.29, 0.717) is 45.5 Å². The van der Waals surface area contributed by atoms with Gasteiger partial charge in [-0.25, -0.2) is 9.78 Å². The first-order valence-corrected chi connectivity index (χ1v) is 9.53. The van der Waals surface area contributed by atoms with Gasteiger partial charge in [0.1, 0.15) is 4.34 Å². The Hall–Kier alpha value is -1.35. The van der Waals surface area contributed by atoms with Gasteiger partial charge in [0.05, 0.1) is 28.7 Å². The maximum Gasteiger partial charge on any atom is 0.410 e. The first-order chi connectivity index (χ1) is 11.5. The zero-order valence-corrected chi connectivity index (χ0v) is 15.7. The molecule has 10 heteroatoms. The SMILES string of the molecule is CCOC(=O)N1CCc2nc(NC(=O)c3cc(Cl)sc3Cl)sc2C1. The van der Waals surface area contributed by atoms with Gasteiger partial charge in [-0.1, -0.05) is 34.5 Å². The summed E-state index contributed by atoms with van der Waals surface area (Å²) in [7, 11) is 0. The standard InChI is InChI=1S/C14H13Cl2N3O3S2/c1-2-22-14(21)19-4-3-8-9(6-19)23-13(17-8)18-12(20)7-5-10(15)24-11(7)16/h5H,2-4,6H2,1H3,(H,17,18,20). The number of hydrogen-bond acceptors (Lipinski definition) is 6. The average molecular weight is 406 g/mol. The first-order valence-electron chi connectivity index (χ1n) is 7.14. The molecule has 3 heterocycles. The second-order valence-electron chi connectivity index (χ2n) is 4.95. The van der Waals surface area contributed by atoms with Gasteiger partial charge in [-0.15, -0.1) is 11.3 Å². The molecule has 3 rings (SSSR count). The van der Waals surface area contributed by atoms with Crippen molar-refractivity contribution < 1.29 is 14.3 Å². The van der Waals surface area contributed by atoms with E-state index in [9.17, 15) is 9.59 Å². The van der Waals surface area contributed by atoms with E-state index in [4.69, 9.17) is 27.9 Å². The van der Waals surface area contributed by atoms with Crippen LogP contribution in [-0.4, -0.2) is 35.0 Å². The highest BCUT2D eigenvalue weighted by atomic mass is 35.5. The number of aromatic nitrogens is 1. The number of nitrogens with one attached hydrogen (secondary N) is 1. The number of amides is 2. The fourth-order valence-electron chi connectivity index (χ4n) is 2.28. The Kier molecular flexibility index (Phi) is 5.29. The van der Waals surface area contributed by atoms with E-state index in [2.05, 4.69) is 10.3 Å². The van der Waals surface area contributed by atoms with E-state index < -0.39 is 0 Å². The van der Waals surface area contributed by atoms with Crippen LogP contribution in [0.1, 0.15) is 27.9 Å². The maximum absolute atomic E-state index is 12.3. The lowest BCUT2D eigenvalue weighted by molar-refractivity contribution is 0.102. The molecule has 0 aromatic carbocycles. The molecular weight excluding hydrogens is 393 g/mol. The molecule has 0 bridgehead atoms. The van der Waals surface area contributed by atoms with Gasteiger partial charge < -0.3 is 9.64 Å². The molecular formula is C14H13Cl2N3O3S2. The Bertz CT molecular complexity index is 790. The summed E-state index contributed by atoms with van der Waals surface area (Å²) in [6.07, 6.45) is 0.299. The van der Waals surface area contributed by atoms with Gasteiger partial charge in [0.2, 0.25) is 0 Å². The smallest absolute Gasteiger partial charge is 0.410 e. The Morgan fingerprint density at radius 2 is 2.21 bits per heavy atom. The molecule has 0 saturated heterocycles. The molecule has 128 valence electrons. The van der Waals surface area contributed by atoms with Crippen molar-refractivity contribution in [2.75, 3.05) is 18.5 Å². The predicted molar refractivity (Wildman–Crippen MR) is 95.5 cm³/mol. The molecule has 0 atom stereocenters. The van der Waals surface area contributed by atoms with Crippen molar-refractivity contribution in [3.8, 4) is 0 Å². The largest absolute Gasteiger partial charge is 0.450 e. The summed E-state index contributed by atoms with van der Waals surface area (Å²) in [4.78, 5) is 31.1. The van der Waals surface area contributed by atoms with E-state index in [0.717, 1.165) is 21.9 Å². The minimum absolute atomic E-state index is 0.327. The number of carbonyl (C=O) groups is 2. The number of thiophene rings is 1. The Balaban J connectivity index is 1.71. The number of thiazole rings is 1. The minimum Gasteiger partial charge on any atom is -0.450 e. The van der Waals surface area contributed by atoms with Gasteiger partial charge in [0.25, 0.3) is 5.91 Å². The second kappa shape index (κ2) is 7.26. The summed E-state index contributed by atoms with van der Waals surface area (Å²) in [5.74, 6) is -0.350. The van der Waals surface area contributed by atoms with Gasteiger partial charge in [-0.2, -0.15) is 0 Å². The van der Waals surface area contributed by atoms with Crippen molar-refractivity contribution in [3.05, 3.63) is 30.9 Å². The van der Waals surface area contributed by atoms with Crippen molar-refractivity contribution >= 4 is 63.0 Å². The third kappa shape index (κ3) is 3.66. The van der Waals surface area contributed by atoms with Crippen LogP contribution in [0.2, 0.25) is 8.67 Å². The van der Waals surface area contributed by atoms with Crippen LogP contribution in [0.4, 0.5) is 9.93 Å². The molecule has 0 spiro atoms. The number of halogens is 2. The lowest BCUT2D eigenvalue weighted by Gasteiger charge is -2.24. The number of ether oxygens (including phenoxy) is 1. The Labute approximate surface area is 156 Å². The third-order valence-electron chi connectivity index (χ3n) is 3.38. The average Bonchev–Trinajstić information content (AvgIpc) is 3.08. The quantitative estimate of drug-likeness (QED) is 0.826. The van der Waals surface area contributed by atoms with Gasteiger partial charge in [0, 0.05) is 17.8 Å². The number of anilines is 1. The molecule has 6 nitrogen and oxygen atoms in total. The van der Waals surface area contributed by atoms with Crippen molar-refractivity contribution in [3.63, 3.8) is 0 Å². The van der Waals surface area contributed by atoms with Crippen LogP contribution < -0.4 is 5.32 Å². The zero-order chi connectivity index (χ0) is 17.3. The summed E-state index contributed by atoms with van der Waals surface area (Å²) in [5.41, 5.74) is 1.22. The Morgan fingerprint density at radius 1 is 1.42 bits per heavy atom. The molecule has 0 fully saturated rings. The van der Waals surface area contributed by atoms with Crippen molar-refractivity contribution in [1.82, 2.24) is 9.88 Å². The summed E-state index contributed by atoms with van der Waals surface area (Å²) < 4.78 is 5.81. The number of hydrogen-bond donors (Lipinski definition) is 1. The lowest BCUT2D eigenvalue weighted by atomic mass is 10.2. The van der Waals surface area contributed by atoms with Crippen LogP contribution in [0.15, 0.2) is 6.07 Å². The van der Waals surface area contributed by atoms with Crippen LogP contribution in [0.5, 0.6) is 0 Å². The predicted octanol–water partition coefficient (Wildman–Crippen LogP) is 4.28. The van der Waals surface area contributed by atoms with E-state index in [-0.39, 0.29) is 12.0 Å². The van der Waals surface area contributed by atoms with Gasteiger partial charge in [-0.3, -0.25) is 10.1 Å². The number of rotatable bonds is 3. The topological polar surface area (TPSA) is 71.5 Å². The molecule has 0 unspecified atom stereocenters. The number of nitrogens with zero attached hydrogens (tertiary/aromatic N) is 2. The highest BCUT2D eigenvalue weighted by Crippen LogP contribution is 2.33. The van der Waals surface area contributed by atoms with E-state index in [1.54, 1.807) is 11.8 Å². The molecule has 1 N–H and O–H groups in total. The van der Waals surface area contributed by atoms with Crippen LogP contribution in [-0.2, 0) is 17.7 Å². The molecule has 1 aliphatic heterocycles. The van der Waals surface area contributed by atoms with Crippen LogP contribution in [0.3, 0.4) is 0 Å². The van der Waals surface area contributed by atoms with Crippen LogP contribution in [0, 0.1) is 0 Å². The molecule has 0 saturated carbocycles. The third-order valence-corrected chi connectivity index (χ3v) is 5.86. The molecule has 2 aromatic heterocycles. The van der Waals surface area contributed by atoms with Crippen molar-refractivity contribution in [2.24, 2.45) is 0 Å². The zero-order valence-electron chi connectivity index (χ0n) is 12.6. The van der Waals surface area contributed by atoms with Crippen LogP contribution >= 0.6 is 45.9 Å². The van der Waals surface area contributed by atoms with E-state index in [1.807, 2.05) is 0 Å². The number of fused-ring (bicyclic) bond motifs is 1. The molecule has 24 heavy (non-hydrogen) atoms. The van der Waals surface area contributed by atoms with E-state index in [1.165, 1.54) is 17.4 Å². The van der Waals surface area contributed by atoms with Gasteiger partial charge in [0.15, 0.2) is 5.13 Å². The first kappa shape index (κ1) is 17.5. The molecule has 2 amide bonds. The van der Waals surface area contributed by atoms with Crippen molar-refractivity contribution in [2.45, 2.75) is 19.9 Å². The molecule has 0 radical (unpaired) electrons. The Morgan fingerprint density at radius 3 is 2.88 bits per heavy atom. The van der Waals surface area contributed by atoms with E-state index >= 15 is 0 Å². The van der Waals surface area contributed by atoms with Crippen LogP contribution in [0.25, 0.3) is 0 Å². The summed E-state index contributed by atoms with van der Waals surface area (Å²) in [5, 5.41) is 3.22. The fourth-order valence-corrected chi connectivity index (χ4v) is 4.76. The van der Waals surface area contributed by atoms with Crippen molar-refractivity contribution in [1.29, 1.82) is 0 Å². The summed E-state index contributed by atoms with van der Waals surface area (Å²) in [6, 6.07) is 1.53. The highest BCUT2D eigenvalue weighted by molar-refractivity contribution is 7.20. The number of carbonyl (C=O) groups excluding carboxylic acids is 2. The van der Waals surface area contributed by atoms with Gasteiger partial charge >= 0.3 is 6.09 Å². The maximum atomic E-state index is 12.3. The highest BCUT2D eigenvalue weighted by Gasteiger charge is 2.25. The molecule has 1 aliphatic rings. The van der Waals surface area contributed by atoms with Gasteiger partial charge in [-0.05, 0) is 13.0 Å². The summed E-state index contributed by atoms with van der Waals surface area (Å²) in [6.45, 7) is 3.10. The molecule has 0 aliphatic carbocycles. The molecule has 2 aromatic rings. The fraction of sp³-hybridized carbons (Fsp3) is 0.357.